The lowest BCUT2D eigenvalue weighted by Crippen LogP contribution is -2.53. The van der Waals surface area contributed by atoms with E-state index < -0.39 is 0 Å². The second kappa shape index (κ2) is 5.21. The van der Waals surface area contributed by atoms with Gasteiger partial charge in [0, 0.05) is 29.6 Å². The van der Waals surface area contributed by atoms with Crippen LogP contribution in [0.4, 0.5) is 0 Å². The second-order valence-corrected chi connectivity index (χ2v) is 6.59. The number of benzene rings is 2. The minimum absolute atomic E-state index is 0.0990. The molecule has 1 fully saturated rings. The topological polar surface area (TPSA) is 45.3 Å². The van der Waals surface area contributed by atoms with Gasteiger partial charge in [-0.15, -0.1) is 0 Å². The van der Waals surface area contributed by atoms with Crippen molar-refractivity contribution in [1.82, 2.24) is 9.88 Å². The molecular weight excluding hydrogens is 300 g/mol. The summed E-state index contributed by atoms with van der Waals surface area (Å²) in [6, 6.07) is 18.6. The number of cyclic esters (lactones) is 1. The molecule has 0 radical (unpaired) electrons. The number of para-hydroxylation sites is 1. The lowest BCUT2D eigenvalue weighted by atomic mass is 9.90. The zero-order valence-electron chi connectivity index (χ0n) is 13.2. The van der Waals surface area contributed by atoms with E-state index in [0.29, 0.717) is 13.0 Å². The first-order valence-corrected chi connectivity index (χ1v) is 8.37. The minimum atomic E-state index is -0.198. The van der Waals surface area contributed by atoms with Gasteiger partial charge in [0.15, 0.2) is 0 Å². The highest BCUT2D eigenvalue weighted by molar-refractivity contribution is 5.87. The van der Waals surface area contributed by atoms with Gasteiger partial charge in [0.2, 0.25) is 0 Å². The van der Waals surface area contributed by atoms with Gasteiger partial charge in [-0.1, -0.05) is 48.5 Å². The smallest absolute Gasteiger partial charge is 0.323 e. The molecule has 2 aromatic carbocycles. The van der Waals surface area contributed by atoms with Gasteiger partial charge < -0.3 is 9.72 Å². The Kier molecular flexibility index (Phi) is 3.00. The molecule has 0 saturated carbocycles. The predicted octanol–water partition coefficient (Wildman–Crippen LogP) is 3.19. The van der Waals surface area contributed by atoms with E-state index in [1.54, 1.807) is 0 Å². The molecule has 3 aromatic rings. The first-order chi connectivity index (χ1) is 11.8. The summed E-state index contributed by atoms with van der Waals surface area (Å²) in [5.74, 6) is -0.0990. The molecule has 1 N–H and O–H groups in total. The first kappa shape index (κ1) is 13.8. The lowest BCUT2D eigenvalue weighted by molar-refractivity contribution is -0.165. The highest BCUT2D eigenvalue weighted by Crippen LogP contribution is 2.40. The van der Waals surface area contributed by atoms with Gasteiger partial charge in [-0.2, -0.15) is 0 Å². The van der Waals surface area contributed by atoms with Gasteiger partial charge in [-0.05, 0) is 17.2 Å². The summed E-state index contributed by atoms with van der Waals surface area (Å²) in [5, 5.41) is 1.23. The summed E-state index contributed by atoms with van der Waals surface area (Å²) in [4.78, 5) is 18.3. The lowest BCUT2D eigenvalue weighted by Gasteiger charge is -2.44. The number of aromatic amines is 1. The number of carbonyl (C=O) groups excluding carboxylic acids is 1. The van der Waals surface area contributed by atoms with Crippen LogP contribution < -0.4 is 0 Å². The van der Waals surface area contributed by atoms with E-state index in [1.807, 2.05) is 24.3 Å². The van der Waals surface area contributed by atoms with Gasteiger partial charge in [0.1, 0.15) is 12.6 Å². The van der Waals surface area contributed by atoms with E-state index >= 15 is 0 Å². The first-order valence-electron chi connectivity index (χ1n) is 8.37. The number of hydrogen-bond acceptors (Lipinski definition) is 3. The summed E-state index contributed by atoms with van der Waals surface area (Å²) >= 11 is 0. The van der Waals surface area contributed by atoms with Crippen molar-refractivity contribution in [3.8, 4) is 0 Å². The Hall–Kier alpha value is -2.59. The van der Waals surface area contributed by atoms with Crippen molar-refractivity contribution in [2.45, 2.75) is 25.0 Å². The van der Waals surface area contributed by atoms with Crippen molar-refractivity contribution in [2.75, 3.05) is 6.61 Å². The molecule has 4 nitrogen and oxygen atoms in total. The van der Waals surface area contributed by atoms with Crippen LogP contribution in [0.5, 0.6) is 0 Å². The maximum Gasteiger partial charge on any atom is 0.323 e. The standard InChI is InChI=1S/C20H18N2O2/c23-20-17-10-15-14-8-4-5-9-16(14)21-19(15)18(12-24-20)22(17)11-13-6-2-1-3-7-13/h1-9,17-18,21H,10-12H2/t17-,18-/m0/s1. The molecule has 3 heterocycles. The number of esters is 1. The number of fused-ring (bicyclic) bond motifs is 6. The Balaban J connectivity index is 1.61. The Bertz CT molecular complexity index is 916. The summed E-state index contributed by atoms with van der Waals surface area (Å²) in [7, 11) is 0. The molecule has 2 atom stereocenters. The van der Waals surface area contributed by atoms with Crippen molar-refractivity contribution in [1.29, 1.82) is 0 Å². The maximum atomic E-state index is 12.4. The Labute approximate surface area is 140 Å². The molecule has 2 aliphatic rings. The molecule has 2 bridgehead atoms. The van der Waals surface area contributed by atoms with Crippen LogP contribution in [0.2, 0.25) is 0 Å². The molecule has 2 aliphatic heterocycles. The van der Waals surface area contributed by atoms with E-state index in [1.165, 1.54) is 22.2 Å². The third-order valence-electron chi connectivity index (χ3n) is 5.24. The molecule has 1 saturated heterocycles. The quantitative estimate of drug-likeness (QED) is 0.738. The average molecular weight is 318 g/mol. The zero-order chi connectivity index (χ0) is 16.1. The van der Waals surface area contributed by atoms with Gasteiger partial charge in [0.25, 0.3) is 0 Å². The van der Waals surface area contributed by atoms with Gasteiger partial charge >= 0.3 is 5.97 Å². The van der Waals surface area contributed by atoms with Crippen LogP contribution >= 0.6 is 0 Å². The summed E-state index contributed by atoms with van der Waals surface area (Å²) in [5.41, 5.74) is 4.85. The summed E-state index contributed by atoms with van der Waals surface area (Å²) in [6.45, 7) is 1.18. The SMILES string of the molecule is O=C1OC[C@H]2c3[nH]c4ccccc4c3C[C@@H]1N2Cc1ccccc1. The minimum Gasteiger partial charge on any atom is -0.462 e. The van der Waals surface area contributed by atoms with Gasteiger partial charge in [-0.3, -0.25) is 9.69 Å². The Morgan fingerprint density at radius 3 is 2.71 bits per heavy atom. The molecular formula is C20H18N2O2. The molecule has 120 valence electrons. The maximum absolute atomic E-state index is 12.4. The molecule has 24 heavy (non-hydrogen) atoms. The van der Waals surface area contributed by atoms with Crippen molar-refractivity contribution in [3.63, 3.8) is 0 Å². The third-order valence-corrected chi connectivity index (χ3v) is 5.24. The van der Waals surface area contributed by atoms with Crippen molar-refractivity contribution in [3.05, 3.63) is 71.4 Å². The van der Waals surface area contributed by atoms with E-state index in [0.717, 1.165) is 12.1 Å². The van der Waals surface area contributed by atoms with Crippen LogP contribution in [0.25, 0.3) is 10.9 Å². The molecule has 1 aromatic heterocycles. The van der Waals surface area contributed by atoms with Crippen LogP contribution in [-0.2, 0) is 22.5 Å². The number of rotatable bonds is 2. The Morgan fingerprint density at radius 1 is 1.04 bits per heavy atom. The molecule has 4 heteroatoms. The normalized spacial score (nSPS) is 23.1. The second-order valence-electron chi connectivity index (χ2n) is 6.59. The van der Waals surface area contributed by atoms with Crippen LogP contribution in [0.15, 0.2) is 54.6 Å². The summed E-state index contributed by atoms with van der Waals surface area (Å²) in [6.07, 6.45) is 0.710. The van der Waals surface area contributed by atoms with Crippen molar-refractivity contribution >= 4 is 16.9 Å². The van der Waals surface area contributed by atoms with Crippen LogP contribution in [0.3, 0.4) is 0 Å². The number of ether oxygens (including phenoxy) is 1. The monoisotopic (exact) mass is 318 g/mol. The van der Waals surface area contributed by atoms with E-state index in [-0.39, 0.29) is 18.1 Å². The number of aromatic nitrogens is 1. The number of morpholine rings is 1. The third kappa shape index (κ3) is 2.00. The molecule has 5 rings (SSSR count). The zero-order valence-corrected chi connectivity index (χ0v) is 13.2. The number of hydrogen-bond donors (Lipinski definition) is 1. The fraction of sp³-hybridized carbons (Fsp3) is 0.250. The van der Waals surface area contributed by atoms with Gasteiger partial charge in [-0.25, -0.2) is 0 Å². The van der Waals surface area contributed by atoms with Crippen LogP contribution in [0.1, 0.15) is 22.9 Å². The fourth-order valence-electron chi connectivity index (χ4n) is 4.09. The molecule has 0 unspecified atom stereocenters. The number of nitrogens with zero attached hydrogens (tertiary/aromatic N) is 1. The largest absolute Gasteiger partial charge is 0.462 e. The van der Waals surface area contributed by atoms with Gasteiger partial charge in [0.05, 0.1) is 6.04 Å². The predicted molar refractivity (Wildman–Crippen MR) is 91.5 cm³/mol. The molecule has 0 spiro atoms. The van der Waals surface area contributed by atoms with E-state index in [2.05, 4.69) is 40.2 Å². The van der Waals surface area contributed by atoms with E-state index in [4.69, 9.17) is 4.74 Å². The fourth-order valence-corrected chi connectivity index (χ4v) is 4.09. The summed E-state index contributed by atoms with van der Waals surface area (Å²) < 4.78 is 5.47. The average Bonchev–Trinajstić information content (AvgIpc) is 2.98. The number of carbonyl (C=O) groups is 1. The Morgan fingerprint density at radius 2 is 1.83 bits per heavy atom. The van der Waals surface area contributed by atoms with Crippen molar-refractivity contribution < 1.29 is 9.53 Å². The molecule has 0 aliphatic carbocycles. The van der Waals surface area contributed by atoms with Crippen LogP contribution in [-0.4, -0.2) is 28.5 Å². The van der Waals surface area contributed by atoms with Crippen LogP contribution in [0, 0.1) is 0 Å². The molecule has 0 amide bonds. The van der Waals surface area contributed by atoms with E-state index in [9.17, 15) is 4.79 Å². The number of nitrogens with one attached hydrogen (secondary N) is 1. The highest BCUT2D eigenvalue weighted by atomic mass is 16.5. The number of H-pyrrole nitrogens is 1. The van der Waals surface area contributed by atoms with Crippen molar-refractivity contribution in [2.24, 2.45) is 0 Å². The highest BCUT2D eigenvalue weighted by Gasteiger charge is 2.44.